The molecule has 1 atom stereocenters. The molecule has 132 valence electrons. The van der Waals surface area contributed by atoms with Gasteiger partial charge in [-0.2, -0.15) is 13.2 Å². The summed E-state index contributed by atoms with van der Waals surface area (Å²) in [4.78, 5) is 24.8. The molecule has 1 saturated heterocycles. The lowest BCUT2D eigenvalue weighted by atomic mass is 9.93. The second-order valence-corrected chi connectivity index (χ2v) is 6.67. The van der Waals surface area contributed by atoms with Crippen molar-refractivity contribution in [2.75, 3.05) is 20.1 Å². The number of carbonyl (C=O) groups excluding carboxylic acids is 2. The van der Waals surface area contributed by atoms with Crippen molar-refractivity contribution in [3.05, 3.63) is 34.3 Å². The maximum Gasteiger partial charge on any atom is 0.413 e. The summed E-state index contributed by atoms with van der Waals surface area (Å²) < 4.78 is 55.4. The van der Waals surface area contributed by atoms with Gasteiger partial charge in [0.25, 0.3) is 5.91 Å². The molecule has 0 aromatic heterocycles. The minimum absolute atomic E-state index is 0.173. The molecule has 4 nitrogen and oxygen atoms in total. The fourth-order valence-corrected chi connectivity index (χ4v) is 2.89. The Morgan fingerprint density at radius 3 is 2.17 bits per heavy atom. The molecule has 2 rings (SSSR count). The van der Waals surface area contributed by atoms with Gasteiger partial charge in [-0.25, -0.2) is 4.39 Å². The Bertz CT molecular complexity index is 642. The van der Waals surface area contributed by atoms with Crippen LogP contribution in [0.25, 0.3) is 0 Å². The largest absolute Gasteiger partial charge is 0.413 e. The van der Waals surface area contributed by atoms with Gasteiger partial charge in [-0.3, -0.25) is 9.59 Å². The molecule has 0 spiro atoms. The number of benzene rings is 1. The molecule has 0 bridgehead atoms. The summed E-state index contributed by atoms with van der Waals surface area (Å²) in [6.07, 6.45) is -4.77. The Morgan fingerprint density at radius 1 is 1.25 bits per heavy atom. The van der Waals surface area contributed by atoms with Crippen LogP contribution >= 0.6 is 15.9 Å². The highest BCUT2D eigenvalue weighted by Gasteiger charge is 2.56. The van der Waals surface area contributed by atoms with E-state index in [-0.39, 0.29) is 5.56 Å². The quantitative estimate of drug-likeness (QED) is 0.718. The van der Waals surface area contributed by atoms with Gasteiger partial charge < -0.3 is 9.80 Å². The maximum atomic E-state index is 14.5. The van der Waals surface area contributed by atoms with Crippen LogP contribution in [0.2, 0.25) is 0 Å². The summed E-state index contributed by atoms with van der Waals surface area (Å²) in [6.45, 7) is 0.140. The molecule has 1 fully saturated rings. The number of carbonyl (C=O) groups is 2. The van der Waals surface area contributed by atoms with Crippen LogP contribution in [-0.4, -0.2) is 53.6 Å². The number of halogens is 5. The summed E-state index contributed by atoms with van der Waals surface area (Å²) in [6, 6.07) is 3.01. The second-order valence-electron chi connectivity index (χ2n) is 5.75. The van der Waals surface area contributed by atoms with Crippen molar-refractivity contribution < 1.29 is 27.2 Å². The van der Waals surface area contributed by atoms with E-state index in [0.717, 1.165) is 11.9 Å². The summed E-state index contributed by atoms with van der Waals surface area (Å²) in [5.74, 6) is -1.72. The fourth-order valence-electron chi connectivity index (χ4n) is 2.63. The third-order valence-corrected chi connectivity index (χ3v) is 4.44. The van der Waals surface area contributed by atoms with E-state index in [1.165, 1.54) is 31.2 Å². The van der Waals surface area contributed by atoms with Gasteiger partial charge in [0.2, 0.25) is 11.6 Å². The van der Waals surface area contributed by atoms with Gasteiger partial charge in [-0.15, -0.1) is 0 Å². The first-order chi connectivity index (χ1) is 11.0. The van der Waals surface area contributed by atoms with Gasteiger partial charge in [0.15, 0.2) is 6.04 Å². The molecule has 0 saturated carbocycles. The lowest BCUT2D eigenvalue weighted by Crippen LogP contribution is -2.67. The van der Waals surface area contributed by atoms with Crippen LogP contribution in [-0.2, 0) is 9.59 Å². The van der Waals surface area contributed by atoms with Crippen LogP contribution in [0.15, 0.2) is 28.7 Å². The molecule has 0 N–H and O–H groups in total. The Morgan fingerprint density at radius 2 is 1.75 bits per heavy atom. The third kappa shape index (κ3) is 3.55. The van der Waals surface area contributed by atoms with Gasteiger partial charge in [0.1, 0.15) is 0 Å². The molecule has 9 heteroatoms. The molecule has 0 aliphatic carbocycles. The molecule has 0 unspecified atom stereocenters. The van der Waals surface area contributed by atoms with Gasteiger partial charge in [-0.05, 0) is 17.7 Å². The van der Waals surface area contributed by atoms with E-state index in [4.69, 9.17) is 0 Å². The zero-order chi connectivity index (χ0) is 18.3. The van der Waals surface area contributed by atoms with E-state index < -0.39 is 42.8 Å². The SMILES string of the molecule is CC(=O)N1CC(F)(C(=O)N(C)[C@@H](c2ccc(Br)cc2)C(F)(F)F)C1. The predicted octanol–water partition coefficient (Wildman–Crippen LogP) is 3.08. The van der Waals surface area contributed by atoms with Crippen molar-refractivity contribution in [1.29, 1.82) is 0 Å². The van der Waals surface area contributed by atoms with Crippen LogP contribution in [0.3, 0.4) is 0 Å². The maximum absolute atomic E-state index is 14.5. The van der Waals surface area contributed by atoms with E-state index in [1.807, 2.05) is 0 Å². The molecule has 0 radical (unpaired) electrons. The standard InChI is InChI=1S/C15H15BrF4N2O2/c1-9(23)22-7-14(17,8-22)13(24)21(2)12(15(18,19)20)10-3-5-11(16)6-4-10/h3-6,12H,7-8H2,1-2H3/t12-/m0/s1. The lowest BCUT2D eigenvalue weighted by molar-refractivity contribution is -0.198. The molecule has 2 amide bonds. The van der Waals surface area contributed by atoms with Gasteiger partial charge in [0, 0.05) is 18.4 Å². The highest BCUT2D eigenvalue weighted by atomic mass is 79.9. The Hall–Kier alpha value is -1.64. The van der Waals surface area contributed by atoms with Crippen LogP contribution in [0.4, 0.5) is 17.6 Å². The Kier molecular flexibility index (Phi) is 4.94. The molecular weight excluding hydrogens is 396 g/mol. The van der Waals surface area contributed by atoms with Crippen molar-refractivity contribution in [2.45, 2.75) is 24.8 Å². The van der Waals surface area contributed by atoms with E-state index in [2.05, 4.69) is 15.9 Å². The van der Waals surface area contributed by atoms with E-state index >= 15 is 0 Å². The first-order valence-corrected chi connectivity index (χ1v) is 7.79. The highest BCUT2D eigenvalue weighted by Crippen LogP contribution is 2.40. The fraction of sp³-hybridized carbons (Fsp3) is 0.467. The molecule has 24 heavy (non-hydrogen) atoms. The molecule has 1 aromatic carbocycles. The zero-order valence-electron chi connectivity index (χ0n) is 12.9. The van der Waals surface area contributed by atoms with Crippen LogP contribution < -0.4 is 0 Å². The molecule has 1 aliphatic heterocycles. The molecular formula is C15H15BrF4N2O2. The smallest absolute Gasteiger partial charge is 0.335 e. The van der Waals surface area contributed by atoms with Gasteiger partial charge in [-0.1, -0.05) is 28.1 Å². The monoisotopic (exact) mass is 410 g/mol. The van der Waals surface area contributed by atoms with E-state index in [0.29, 0.717) is 9.37 Å². The highest BCUT2D eigenvalue weighted by molar-refractivity contribution is 9.10. The molecule has 1 aliphatic rings. The normalized spacial score (nSPS) is 17.9. The van der Waals surface area contributed by atoms with E-state index in [1.54, 1.807) is 0 Å². The summed E-state index contributed by atoms with van der Waals surface area (Å²) in [5, 5.41) is 0. The van der Waals surface area contributed by atoms with Crippen LogP contribution in [0.5, 0.6) is 0 Å². The average Bonchev–Trinajstić information content (AvgIpc) is 2.43. The van der Waals surface area contributed by atoms with Crippen molar-refractivity contribution >= 4 is 27.7 Å². The second kappa shape index (κ2) is 6.34. The average molecular weight is 411 g/mol. The van der Waals surface area contributed by atoms with Gasteiger partial charge >= 0.3 is 6.18 Å². The molecule has 1 heterocycles. The number of hydrogen-bond donors (Lipinski definition) is 0. The summed E-state index contributed by atoms with van der Waals surface area (Å²) in [7, 11) is 0.917. The topological polar surface area (TPSA) is 40.6 Å². The van der Waals surface area contributed by atoms with Gasteiger partial charge in [0.05, 0.1) is 13.1 Å². The third-order valence-electron chi connectivity index (χ3n) is 3.92. The van der Waals surface area contributed by atoms with Crippen molar-refractivity contribution in [2.24, 2.45) is 0 Å². The minimum atomic E-state index is -4.77. The minimum Gasteiger partial charge on any atom is -0.335 e. The molecule has 1 aromatic rings. The number of hydrogen-bond acceptors (Lipinski definition) is 2. The number of nitrogens with zero attached hydrogens (tertiary/aromatic N) is 2. The number of alkyl halides is 4. The van der Waals surface area contributed by atoms with Crippen LogP contribution in [0, 0.1) is 0 Å². The number of rotatable bonds is 3. The number of likely N-dealkylation sites (tertiary alicyclic amines) is 1. The first-order valence-electron chi connectivity index (χ1n) is 6.99. The zero-order valence-corrected chi connectivity index (χ0v) is 14.5. The lowest BCUT2D eigenvalue weighted by Gasteiger charge is -2.45. The summed E-state index contributed by atoms with van der Waals surface area (Å²) >= 11 is 3.12. The van der Waals surface area contributed by atoms with Crippen molar-refractivity contribution in [1.82, 2.24) is 9.80 Å². The Balaban J connectivity index is 2.26. The predicted molar refractivity (Wildman–Crippen MR) is 81.8 cm³/mol. The van der Waals surface area contributed by atoms with Crippen molar-refractivity contribution in [3.63, 3.8) is 0 Å². The number of amides is 2. The van der Waals surface area contributed by atoms with E-state index in [9.17, 15) is 27.2 Å². The summed E-state index contributed by atoms with van der Waals surface area (Å²) in [5.41, 5.74) is -2.66. The Labute approximate surface area is 144 Å². The first kappa shape index (κ1) is 18.7. The van der Waals surface area contributed by atoms with Crippen molar-refractivity contribution in [3.8, 4) is 0 Å². The van der Waals surface area contributed by atoms with Crippen LogP contribution in [0.1, 0.15) is 18.5 Å².